The normalized spacial score (nSPS) is 10.6. The standard InChI is InChI=1S/C21H17N3O4/c25-20(17-8-10-22-11-9-17)24-23-13-15-4-6-19(7-5-15)28-14-16-2-1-3-18(12-16)21(26)27/h1-13H,14H2,(H,24,25)(H,26,27)/b23-13+. The van der Waals surface area contributed by atoms with E-state index in [9.17, 15) is 9.59 Å². The van der Waals surface area contributed by atoms with Crippen molar-refractivity contribution in [2.24, 2.45) is 5.10 Å². The molecule has 3 aromatic rings. The van der Waals surface area contributed by atoms with Crippen molar-refractivity contribution in [2.45, 2.75) is 6.61 Å². The number of pyridine rings is 1. The summed E-state index contributed by atoms with van der Waals surface area (Å²) in [5.41, 5.74) is 4.70. The van der Waals surface area contributed by atoms with E-state index in [2.05, 4.69) is 15.5 Å². The summed E-state index contributed by atoms with van der Waals surface area (Å²) in [5, 5.41) is 12.9. The van der Waals surface area contributed by atoms with E-state index < -0.39 is 5.97 Å². The van der Waals surface area contributed by atoms with Crippen molar-refractivity contribution in [1.29, 1.82) is 0 Å². The molecule has 0 saturated carbocycles. The van der Waals surface area contributed by atoms with E-state index >= 15 is 0 Å². The number of hydrogen-bond acceptors (Lipinski definition) is 5. The Bertz CT molecular complexity index is 986. The molecular weight excluding hydrogens is 358 g/mol. The van der Waals surface area contributed by atoms with Crippen LogP contribution in [0, 0.1) is 0 Å². The monoisotopic (exact) mass is 375 g/mol. The molecular formula is C21H17N3O4. The number of aromatic nitrogens is 1. The number of aromatic carboxylic acids is 1. The van der Waals surface area contributed by atoms with Crippen molar-refractivity contribution in [3.05, 3.63) is 95.3 Å². The molecule has 7 heteroatoms. The summed E-state index contributed by atoms with van der Waals surface area (Å²) in [6.07, 6.45) is 4.60. The first-order chi connectivity index (χ1) is 13.6. The Morgan fingerprint density at radius 3 is 2.50 bits per heavy atom. The largest absolute Gasteiger partial charge is 0.489 e. The van der Waals surface area contributed by atoms with Gasteiger partial charge in [0.15, 0.2) is 0 Å². The van der Waals surface area contributed by atoms with Crippen LogP contribution < -0.4 is 10.2 Å². The van der Waals surface area contributed by atoms with Crippen LogP contribution in [-0.4, -0.2) is 28.2 Å². The lowest BCUT2D eigenvalue weighted by Crippen LogP contribution is -2.17. The number of amides is 1. The molecule has 0 unspecified atom stereocenters. The van der Waals surface area contributed by atoms with Crippen molar-refractivity contribution in [2.75, 3.05) is 0 Å². The van der Waals surface area contributed by atoms with Crippen LogP contribution in [0.3, 0.4) is 0 Å². The molecule has 0 aliphatic carbocycles. The minimum absolute atomic E-state index is 0.224. The van der Waals surface area contributed by atoms with Gasteiger partial charge in [-0.05, 0) is 59.7 Å². The minimum Gasteiger partial charge on any atom is -0.489 e. The fourth-order valence-electron chi connectivity index (χ4n) is 2.34. The summed E-state index contributed by atoms with van der Waals surface area (Å²) in [6.45, 7) is 0.260. The van der Waals surface area contributed by atoms with Crippen LogP contribution in [0.5, 0.6) is 5.75 Å². The topological polar surface area (TPSA) is 101 Å². The summed E-state index contributed by atoms with van der Waals surface area (Å²) in [7, 11) is 0. The van der Waals surface area contributed by atoms with Gasteiger partial charge in [0.1, 0.15) is 12.4 Å². The minimum atomic E-state index is -0.971. The van der Waals surface area contributed by atoms with Gasteiger partial charge in [-0.15, -0.1) is 0 Å². The number of nitrogens with one attached hydrogen (secondary N) is 1. The Hall–Kier alpha value is -4.00. The van der Waals surface area contributed by atoms with E-state index in [4.69, 9.17) is 9.84 Å². The Balaban J connectivity index is 1.53. The van der Waals surface area contributed by atoms with Crippen LogP contribution in [0.15, 0.2) is 78.2 Å². The van der Waals surface area contributed by atoms with Gasteiger partial charge in [-0.25, -0.2) is 10.2 Å². The van der Waals surface area contributed by atoms with Crippen LogP contribution in [0.1, 0.15) is 31.8 Å². The highest BCUT2D eigenvalue weighted by atomic mass is 16.5. The van der Waals surface area contributed by atoms with Gasteiger partial charge in [-0.3, -0.25) is 9.78 Å². The first kappa shape index (κ1) is 18.8. The van der Waals surface area contributed by atoms with E-state index in [1.807, 2.05) is 0 Å². The number of hydrazone groups is 1. The number of ether oxygens (including phenoxy) is 1. The van der Waals surface area contributed by atoms with Crippen molar-refractivity contribution in [3.8, 4) is 5.75 Å². The van der Waals surface area contributed by atoms with Gasteiger partial charge in [0, 0.05) is 18.0 Å². The number of nitrogens with zero attached hydrogens (tertiary/aromatic N) is 2. The summed E-state index contributed by atoms with van der Waals surface area (Å²) < 4.78 is 5.67. The zero-order valence-electron chi connectivity index (χ0n) is 14.8. The Morgan fingerprint density at radius 2 is 1.79 bits per heavy atom. The van der Waals surface area contributed by atoms with Crippen LogP contribution >= 0.6 is 0 Å². The second-order valence-electron chi connectivity index (χ2n) is 5.80. The third-order valence-electron chi connectivity index (χ3n) is 3.78. The number of carboxylic acid groups (broad SMARTS) is 1. The van der Waals surface area contributed by atoms with Crippen molar-refractivity contribution < 1.29 is 19.4 Å². The van der Waals surface area contributed by atoms with Gasteiger partial charge in [-0.2, -0.15) is 5.10 Å². The Kier molecular flexibility index (Phi) is 6.10. The summed E-state index contributed by atoms with van der Waals surface area (Å²) >= 11 is 0. The molecule has 7 nitrogen and oxygen atoms in total. The molecule has 0 bridgehead atoms. The molecule has 0 radical (unpaired) electrons. The van der Waals surface area contributed by atoms with Gasteiger partial charge in [0.25, 0.3) is 5.91 Å². The van der Waals surface area contributed by atoms with E-state index in [0.717, 1.165) is 11.1 Å². The fraction of sp³-hybridized carbons (Fsp3) is 0.0476. The molecule has 1 aromatic heterocycles. The van der Waals surface area contributed by atoms with Crippen LogP contribution in [0.4, 0.5) is 0 Å². The number of carbonyl (C=O) groups is 2. The van der Waals surface area contributed by atoms with Crippen molar-refractivity contribution in [1.82, 2.24) is 10.4 Å². The summed E-state index contributed by atoms with van der Waals surface area (Å²) in [4.78, 5) is 26.7. The first-order valence-electron chi connectivity index (χ1n) is 8.40. The smallest absolute Gasteiger partial charge is 0.335 e. The highest BCUT2D eigenvalue weighted by molar-refractivity contribution is 5.94. The molecule has 0 aliphatic heterocycles. The maximum atomic E-state index is 11.9. The molecule has 0 aliphatic rings. The van der Waals surface area contributed by atoms with Gasteiger partial charge in [-0.1, -0.05) is 12.1 Å². The third-order valence-corrected chi connectivity index (χ3v) is 3.78. The molecule has 28 heavy (non-hydrogen) atoms. The zero-order valence-corrected chi connectivity index (χ0v) is 14.8. The molecule has 1 amide bonds. The Morgan fingerprint density at radius 1 is 1.04 bits per heavy atom. The van der Waals surface area contributed by atoms with Gasteiger partial charge in [0.2, 0.25) is 0 Å². The molecule has 0 atom stereocenters. The predicted octanol–water partition coefficient (Wildman–Crippen LogP) is 3.12. The lowest BCUT2D eigenvalue weighted by Gasteiger charge is -2.07. The van der Waals surface area contributed by atoms with Crippen molar-refractivity contribution in [3.63, 3.8) is 0 Å². The van der Waals surface area contributed by atoms with E-state index in [1.165, 1.54) is 24.7 Å². The first-order valence-corrected chi connectivity index (χ1v) is 8.40. The third kappa shape index (κ3) is 5.25. The van der Waals surface area contributed by atoms with Gasteiger partial charge in [0.05, 0.1) is 11.8 Å². The Labute approximate surface area is 161 Å². The number of carboxylic acids is 1. The van der Waals surface area contributed by atoms with Crippen LogP contribution in [0.25, 0.3) is 0 Å². The maximum Gasteiger partial charge on any atom is 0.335 e. The lowest BCUT2D eigenvalue weighted by atomic mass is 10.1. The van der Waals surface area contributed by atoms with Crippen LogP contribution in [-0.2, 0) is 6.61 Å². The SMILES string of the molecule is O=C(O)c1cccc(COc2ccc(/C=N/NC(=O)c3ccncc3)cc2)c1. The number of benzene rings is 2. The number of carbonyl (C=O) groups excluding carboxylic acids is 1. The molecule has 0 saturated heterocycles. The van der Waals surface area contributed by atoms with Crippen LogP contribution in [0.2, 0.25) is 0 Å². The zero-order chi connectivity index (χ0) is 19.8. The molecule has 2 aromatic carbocycles. The maximum absolute atomic E-state index is 11.9. The van der Waals surface area contributed by atoms with Gasteiger partial charge < -0.3 is 9.84 Å². The molecule has 3 rings (SSSR count). The molecule has 0 fully saturated rings. The highest BCUT2D eigenvalue weighted by Gasteiger charge is 2.04. The van der Waals surface area contributed by atoms with Crippen molar-refractivity contribution >= 4 is 18.1 Å². The average molecular weight is 375 g/mol. The molecule has 140 valence electrons. The molecule has 0 spiro atoms. The quantitative estimate of drug-likeness (QED) is 0.488. The average Bonchev–Trinajstić information content (AvgIpc) is 2.74. The summed E-state index contributed by atoms with van der Waals surface area (Å²) in [5.74, 6) is -0.651. The second kappa shape index (κ2) is 9.09. The highest BCUT2D eigenvalue weighted by Crippen LogP contribution is 2.14. The number of hydrogen-bond donors (Lipinski definition) is 2. The van der Waals surface area contributed by atoms with E-state index in [-0.39, 0.29) is 18.1 Å². The van der Waals surface area contributed by atoms with Gasteiger partial charge >= 0.3 is 5.97 Å². The predicted molar refractivity (Wildman–Crippen MR) is 103 cm³/mol. The molecule has 1 heterocycles. The second-order valence-corrected chi connectivity index (χ2v) is 5.80. The fourth-order valence-corrected chi connectivity index (χ4v) is 2.34. The molecule has 2 N–H and O–H groups in total. The lowest BCUT2D eigenvalue weighted by molar-refractivity contribution is 0.0696. The van der Waals surface area contributed by atoms with E-state index in [0.29, 0.717) is 11.3 Å². The van der Waals surface area contributed by atoms with E-state index in [1.54, 1.807) is 54.6 Å². The summed E-state index contributed by atoms with van der Waals surface area (Å²) in [6, 6.07) is 16.9. The number of rotatable bonds is 7.